The summed E-state index contributed by atoms with van der Waals surface area (Å²) in [5, 5.41) is 13.3. The van der Waals surface area contributed by atoms with Gasteiger partial charge in [0.25, 0.3) is 0 Å². The molecule has 0 radical (unpaired) electrons. The molecule has 1 aliphatic rings. The second kappa shape index (κ2) is 5.76. The summed E-state index contributed by atoms with van der Waals surface area (Å²) in [4.78, 5) is 2.29. The highest BCUT2D eigenvalue weighted by atomic mass is 16.3. The molecule has 22 heavy (non-hydrogen) atoms. The third-order valence-corrected chi connectivity index (χ3v) is 4.94. The fourth-order valence-corrected chi connectivity index (χ4v) is 3.25. The molecule has 1 saturated heterocycles. The van der Waals surface area contributed by atoms with Crippen LogP contribution in [-0.4, -0.2) is 35.2 Å². The van der Waals surface area contributed by atoms with E-state index in [4.69, 9.17) is 0 Å². The van der Waals surface area contributed by atoms with Gasteiger partial charge >= 0.3 is 0 Å². The molecule has 1 N–H and O–H groups in total. The molecular formula is C20H23NO. The van der Waals surface area contributed by atoms with Gasteiger partial charge in [-0.1, -0.05) is 55.2 Å². The second-order valence-corrected chi connectivity index (χ2v) is 6.59. The highest BCUT2D eigenvalue weighted by molar-refractivity contribution is 5.88. The Bertz CT molecular complexity index is 737. The van der Waals surface area contributed by atoms with Crippen LogP contribution in [-0.2, 0) is 0 Å². The van der Waals surface area contributed by atoms with Crippen LogP contribution in [0.1, 0.15) is 25.8 Å². The van der Waals surface area contributed by atoms with Crippen molar-refractivity contribution in [2.45, 2.75) is 31.9 Å². The first-order valence-electron chi connectivity index (χ1n) is 7.93. The van der Waals surface area contributed by atoms with Crippen molar-refractivity contribution >= 4 is 10.8 Å². The molecule has 1 fully saturated rings. The maximum Gasteiger partial charge on any atom is 0.131 e. The molecule has 2 aromatic rings. The van der Waals surface area contributed by atoms with Crippen molar-refractivity contribution in [1.29, 1.82) is 0 Å². The van der Waals surface area contributed by atoms with Gasteiger partial charge < -0.3 is 10.0 Å². The van der Waals surface area contributed by atoms with E-state index in [1.807, 2.05) is 24.3 Å². The predicted octanol–water partition coefficient (Wildman–Crippen LogP) is 3.28. The average molecular weight is 293 g/mol. The highest BCUT2D eigenvalue weighted by Gasteiger charge is 2.39. The lowest BCUT2D eigenvalue weighted by Crippen LogP contribution is -2.52. The van der Waals surface area contributed by atoms with E-state index in [0.717, 1.165) is 17.5 Å². The lowest BCUT2D eigenvalue weighted by atomic mass is 9.79. The standard InChI is InChI=1S/C20H23NO/c1-15-14-21(3)16(2)13-20(15,22)12-11-18-9-6-8-17-7-4-5-10-19(17)18/h4-10,15-16,22H,13-14H2,1-3H3/t15-,16-,20+/m1/s1. The lowest BCUT2D eigenvalue weighted by molar-refractivity contribution is -0.0346. The van der Waals surface area contributed by atoms with Gasteiger partial charge in [0.05, 0.1) is 0 Å². The fourth-order valence-electron chi connectivity index (χ4n) is 3.25. The van der Waals surface area contributed by atoms with E-state index in [1.165, 1.54) is 5.39 Å². The summed E-state index contributed by atoms with van der Waals surface area (Å²) >= 11 is 0. The molecule has 0 aromatic heterocycles. The summed E-state index contributed by atoms with van der Waals surface area (Å²) < 4.78 is 0. The molecule has 1 aliphatic heterocycles. The average Bonchev–Trinajstić information content (AvgIpc) is 2.51. The quantitative estimate of drug-likeness (QED) is 0.754. The van der Waals surface area contributed by atoms with Gasteiger partial charge in [-0.15, -0.1) is 0 Å². The summed E-state index contributed by atoms with van der Waals surface area (Å²) in [6, 6.07) is 14.7. The number of hydrogen-bond acceptors (Lipinski definition) is 2. The summed E-state index contributed by atoms with van der Waals surface area (Å²) in [6.07, 6.45) is 0.697. The second-order valence-electron chi connectivity index (χ2n) is 6.59. The first-order valence-corrected chi connectivity index (χ1v) is 7.93. The number of aliphatic hydroxyl groups is 1. The number of rotatable bonds is 0. The molecule has 0 saturated carbocycles. The van der Waals surface area contributed by atoms with E-state index in [2.05, 4.69) is 55.8 Å². The number of nitrogens with zero attached hydrogens (tertiary/aromatic N) is 1. The van der Waals surface area contributed by atoms with Crippen LogP contribution in [0.5, 0.6) is 0 Å². The van der Waals surface area contributed by atoms with E-state index in [9.17, 15) is 5.11 Å². The van der Waals surface area contributed by atoms with Gasteiger partial charge in [0.1, 0.15) is 5.60 Å². The summed E-state index contributed by atoms with van der Waals surface area (Å²) in [5.74, 6) is 6.58. The Morgan fingerprint density at radius 3 is 2.68 bits per heavy atom. The minimum absolute atomic E-state index is 0.149. The van der Waals surface area contributed by atoms with Crippen molar-refractivity contribution in [3.8, 4) is 11.8 Å². The first kappa shape index (κ1) is 15.1. The van der Waals surface area contributed by atoms with Gasteiger partial charge in [0.15, 0.2) is 0 Å². The van der Waals surface area contributed by atoms with Crippen molar-refractivity contribution in [1.82, 2.24) is 4.90 Å². The normalized spacial score (nSPS) is 29.1. The van der Waals surface area contributed by atoms with Gasteiger partial charge in [-0.2, -0.15) is 0 Å². The van der Waals surface area contributed by atoms with Crippen LogP contribution in [0.4, 0.5) is 0 Å². The Kier molecular flexibility index (Phi) is 3.95. The van der Waals surface area contributed by atoms with Gasteiger partial charge in [0, 0.05) is 30.5 Å². The molecule has 0 aliphatic carbocycles. The molecule has 2 heteroatoms. The molecule has 3 atom stereocenters. The van der Waals surface area contributed by atoms with Crippen molar-refractivity contribution < 1.29 is 5.11 Å². The van der Waals surface area contributed by atoms with Gasteiger partial charge in [-0.25, -0.2) is 0 Å². The molecule has 0 amide bonds. The zero-order valence-corrected chi connectivity index (χ0v) is 13.5. The highest BCUT2D eigenvalue weighted by Crippen LogP contribution is 2.30. The number of fused-ring (bicyclic) bond motifs is 1. The minimum Gasteiger partial charge on any atom is -0.377 e. The van der Waals surface area contributed by atoms with Crippen molar-refractivity contribution in [3.05, 3.63) is 48.0 Å². The molecule has 3 rings (SSSR count). The van der Waals surface area contributed by atoms with Gasteiger partial charge in [-0.05, 0) is 30.8 Å². The molecule has 0 unspecified atom stereocenters. The third-order valence-electron chi connectivity index (χ3n) is 4.94. The number of piperidine rings is 1. The van der Waals surface area contributed by atoms with E-state index < -0.39 is 5.60 Å². The monoisotopic (exact) mass is 293 g/mol. The van der Waals surface area contributed by atoms with E-state index in [1.54, 1.807) is 0 Å². The first-order chi connectivity index (χ1) is 10.5. The summed E-state index contributed by atoms with van der Waals surface area (Å²) in [6.45, 7) is 5.11. The van der Waals surface area contributed by atoms with Crippen molar-refractivity contribution in [2.24, 2.45) is 5.92 Å². The Morgan fingerprint density at radius 2 is 1.86 bits per heavy atom. The summed E-state index contributed by atoms with van der Waals surface area (Å²) in [5.41, 5.74) is 0.0911. The Balaban J connectivity index is 1.97. The van der Waals surface area contributed by atoms with Gasteiger partial charge in [0.2, 0.25) is 0 Å². The zero-order valence-electron chi connectivity index (χ0n) is 13.5. The molecule has 2 nitrogen and oxygen atoms in total. The van der Waals surface area contributed by atoms with Crippen LogP contribution in [0.15, 0.2) is 42.5 Å². The largest absolute Gasteiger partial charge is 0.377 e. The molecular weight excluding hydrogens is 270 g/mol. The molecule has 0 bridgehead atoms. The van der Waals surface area contributed by atoms with E-state index in [0.29, 0.717) is 12.5 Å². The number of benzene rings is 2. The zero-order chi connectivity index (χ0) is 15.7. The smallest absolute Gasteiger partial charge is 0.131 e. The van der Waals surface area contributed by atoms with Crippen LogP contribution in [0.3, 0.4) is 0 Å². The van der Waals surface area contributed by atoms with Crippen LogP contribution < -0.4 is 0 Å². The van der Waals surface area contributed by atoms with Crippen molar-refractivity contribution in [3.63, 3.8) is 0 Å². The Morgan fingerprint density at radius 1 is 1.14 bits per heavy atom. The Labute approximate surface area is 132 Å². The molecule has 114 valence electrons. The number of hydrogen-bond donors (Lipinski definition) is 1. The predicted molar refractivity (Wildman–Crippen MR) is 91.6 cm³/mol. The maximum atomic E-state index is 11.0. The number of likely N-dealkylation sites (tertiary alicyclic amines) is 1. The van der Waals surface area contributed by atoms with Crippen molar-refractivity contribution in [2.75, 3.05) is 13.6 Å². The SMILES string of the molecule is C[C@@H]1C[C@@](O)(C#Cc2cccc3ccccc23)[C@H](C)CN1C. The molecule has 2 aromatic carbocycles. The fraction of sp³-hybridized carbons (Fsp3) is 0.400. The Hall–Kier alpha value is -1.82. The third kappa shape index (κ3) is 2.75. The van der Waals surface area contributed by atoms with Crippen LogP contribution in [0.25, 0.3) is 10.8 Å². The minimum atomic E-state index is -0.900. The molecule has 1 heterocycles. The lowest BCUT2D eigenvalue weighted by Gasteiger charge is -2.42. The van der Waals surface area contributed by atoms with Crippen LogP contribution >= 0.6 is 0 Å². The van der Waals surface area contributed by atoms with E-state index >= 15 is 0 Å². The maximum absolute atomic E-state index is 11.0. The van der Waals surface area contributed by atoms with E-state index in [-0.39, 0.29) is 5.92 Å². The topological polar surface area (TPSA) is 23.5 Å². The molecule has 0 spiro atoms. The van der Waals surface area contributed by atoms with Gasteiger partial charge in [-0.3, -0.25) is 0 Å². The van der Waals surface area contributed by atoms with Crippen LogP contribution in [0, 0.1) is 17.8 Å². The van der Waals surface area contributed by atoms with Crippen LogP contribution in [0.2, 0.25) is 0 Å². The summed E-state index contributed by atoms with van der Waals surface area (Å²) in [7, 11) is 2.11.